The maximum absolute atomic E-state index is 12.1. The maximum Gasteiger partial charge on any atom is 0.258 e. The second-order valence-electron chi connectivity index (χ2n) is 4.35. The molecule has 0 aromatic carbocycles. The van der Waals surface area contributed by atoms with Crippen LogP contribution in [0.2, 0.25) is 0 Å². The first-order valence-corrected chi connectivity index (χ1v) is 9.17. The fourth-order valence-electron chi connectivity index (χ4n) is 1.81. The van der Waals surface area contributed by atoms with Gasteiger partial charge in [-0.3, -0.25) is 9.20 Å². The summed E-state index contributed by atoms with van der Waals surface area (Å²) in [5.74, 6) is 0.614. The van der Waals surface area contributed by atoms with E-state index in [1.165, 1.54) is 0 Å². The van der Waals surface area contributed by atoms with Crippen LogP contribution in [0.3, 0.4) is 0 Å². The van der Waals surface area contributed by atoms with Crippen molar-refractivity contribution in [2.45, 2.75) is 21.4 Å². The molecule has 8 heteroatoms. The van der Waals surface area contributed by atoms with Crippen LogP contribution in [0.5, 0.6) is 0 Å². The third-order valence-corrected chi connectivity index (χ3v) is 5.83. The minimum atomic E-state index is -0.0543. The highest BCUT2D eigenvalue weighted by Gasteiger charge is 2.07. The Morgan fingerprint density at radius 2 is 2.10 bits per heavy atom. The predicted octanol–water partition coefficient (Wildman–Crippen LogP) is 2.87. The summed E-state index contributed by atoms with van der Waals surface area (Å²) >= 11 is 4.69. The lowest BCUT2D eigenvalue weighted by Gasteiger charge is -2.03. The molecule has 0 amide bonds. The molecule has 0 saturated heterocycles. The third-order valence-electron chi connectivity index (χ3n) is 2.77. The van der Waals surface area contributed by atoms with E-state index in [0.29, 0.717) is 11.4 Å². The van der Waals surface area contributed by atoms with Gasteiger partial charge < -0.3 is 0 Å². The van der Waals surface area contributed by atoms with Gasteiger partial charge >= 0.3 is 0 Å². The van der Waals surface area contributed by atoms with Crippen molar-refractivity contribution in [3.05, 3.63) is 46.0 Å². The average Bonchev–Trinajstić information content (AvgIpc) is 2.94. The minimum Gasteiger partial charge on any atom is -0.269 e. The molecule has 0 fully saturated rings. The summed E-state index contributed by atoms with van der Waals surface area (Å²) in [5, 5.41) is 8.15. The van der Waals surface area contributed by atoms with E-state index < -0.39 is 0 Å². The molecule has 0 saturated carbocycles. The number of nitrogens with zero attached hydrogens (tertiary/aromatic N) is 4. The molecule has 3 aromatic heterocycles. The van der Waals surface area contributed by atoms with Crippen LogP contribution in [-0.2, 0) is 5.75 Å². The van der Waals surface area contributed by atoms with Crippen molar-refractivity contribution in [1.29, 1.82) is 0 Å². The lowest BCUT2D eigenvalue weighted by Crippen LogP contribution is -2.15. The fraction of sp³-hybridized carbons (Fsp3) is 0.231. The number of aromatic nitrogens is 4. The van der Waals surface area contributed by atoms with Gasteiger partial charge in [0.2, 0.25) is 0 Å². The molecule has 0 spiro atoms. The number of thioether (sulfide) groups is 2. The number of hydrogen-bond acceptors (Lipinski definition) is 7. The third kappa shape index (κ3) is 3.28. The van der Waals surface area contributed by atoms with Crippen molar-refractivity contribution >= 4 is 40.5 Å². The van der Waals surface area contributed by atoms with Crippen LogP contribution in [0, 0.1) is 6.92 Å². The largest absolute Gasteiger partial charge is 0.269 e. The van der Waals surface area contributed by atoms with Crippen molar-refractivity contribution in [3.63, 3.8) is 0 Å². The fourth-order valence-corrected chi connectivity index (χ4v) is 4.14. The molecule has 0 radical (unpaired) electrons. The number of aryl methyl sites for hydroxylation is 1. The van der Waals surface area contributed by atoms with Crippen LogP contribution >= 0.6 is 34.9 Å². The second-order valence-corrected chi connectivity index (χ2v) is 7.60. The Morgan fingerprint density at radius 1 is 1.29 bits per heavy atom. The molecule has 0 unspecified atom stereocenters. The van der Waals surface area contributed by atoms with Gasteiger partial charge in [0.1, 0.15) is 5.65 Å². The first kappa shape index (κ1) is 14.6. The first-order chi connectivity index (χ1) is 10.2. The van der Waals surface area contributed by atoms with Gasteiger partial charge in [-0.15, -0.1) is 10.2 Å². The number of rotatable bonds is 4. The van der Waals surface area contributed by atoms with Crippen molar-refractivity contribution in [3.8, 4) is 0 Å². The van der Waals surface area contributed by atoms with Crippen LogP contribution in [-0.4, -0.2) is 25.8 Å². The summed E-state index contributed by atoms with van der Waals surface area (Å²) < 4.78 is 3.41. The molecule has 3 aromatic rings. The highest BCUT2D eigenvalue weighted by Crippen LogP contribution is 2.29. The monoisotopic (exact) mass is 336 g/mol. The Balaban J connectivity index is 1.84. The number of hydrogen-bond donors (Lipinski definition) is 0. The minimum absolute atomic E-state index is 0.0543. The Morgan fingerprint density at radius 3 is 2.86 bits per heavy atom. The van der Waals surface area contributed by atoms with Crippen molar-refractivity contribution < 1.29 is 0 Å². The zero-order valence-electron chi connectivity index (χ0n) is 11.4. The lowest BCUT2D eigenvalue weighted by molar-refractivity contribution is 0.954. The topological polar surface area (TPSA) is 60.2 Å². The summed E-state index contributed by atoms with van der Waals surface area (Å²) in [6.45, 7) is 1.95. The molecule has 5 nitrogen and oxygen atoms in total. The van der Waals surface area contributed by atoms with E-state index in [1.54, 1.807) is 51.5 Å². The van der Waals surface area contributed by atoms with Gasteiger partial charge in [0.05, 0.1) is 5.69 Å². The van der Waals surface area contributed by atoms with Crippen LogP contribution in [0.25, 0.3) is 5.65 Å². The van der Waals surface area contributed by atoms with Gasteiger partial charge in [0.15, 0.2) is 8.68 Å². The summed E-state index contributed by atoms with van der Waals surface area (Å²) in [6.07, 6.45) is 3.78. The summed E-state index contributed by atoms with van der Waals surface area (Å²) in [4.78, 5) is 16.6. The van der Waals surface area contributed by atoms with Gasteiger partial charge in [-0.1, -0.05) is 40.9 Å². The van der Waals surface area contributed by atoms with Gasteiger partial charge in [-0.05, 0) is 24.8 Å². The molecule has 0 aliphatic rings. The molecule has 0 aliphatic heterocycles. The Bertz CT molecular complexity index is 843. The van der Waals surface area contributed by atoms with E-state index in [9.17, 15) is 4.79 Å². The maximum atomic E-state index is 12.1. The SMILES string of the molecule is CSc1nnc(SCc2cc(=O)n3cc(C)ccc3n2)s1. The van der Waals surface area contributed by atoms with E-state index in [-0.39, 0.29) is 5.56 Å². The zero-order valence-corrected chi connectivity index (χ0v) is 13.9. The highest BCUT2D eigenvalue weighted by atomic mass is 32.2. The van der Waals surface area contributed by atoms with Gasteiger partial charge in [0.25, 0.3) is 5.56 Å². The van der Waals surface area contributed by atoms with E-state index in [0.717, 1.165) is 19.9 Å². The lowest BCUT2D eigenvalue weighted by atomic mass is 10.3. The van der Waals surface area contributed by atoms with Crippen LogP contribution in [0.4, 0.5) is 0 Å². The van der Waals surface area contributed by atoms with Crippen molar-refractivity contribution in [2.24, 2.45) is 0 Å². The van der Waals surface area contributed by atoms with Crippen LogP contribution in [0.1, 0.15) is 11.3 Å². The zero-order chi connectivity index (χ0) is 14.8. The molecular formula is C13H12N4OS3. The van der Waals surface area contributed by atoms with Gasteiger partial charge in [-0.25, -0.2) is 4.98 Å². The molecule has 3 heterocycles. The van der Waals surface area contributed by atoms with E-state index in [2.05, 4.69) is 15.2 Å². The summed E-state index contributed by atoms with van der Waals surface area (Å²) in [7, 11) is 0. The standard InChI is InChI=1S/C13H12N4OS3/c1-8-3-4-10-14-9(5-11(18)17(10)6-8)7-20-13-16-15-12(19-2)21-13/h3-6H,7H2,1-2H3. The normalized spacial score (nSPS) is 11.1. The quantitative estimate of drug-likeness (QED) is 0.683. The Labute approximate surface area is 133 Å². The van der Waals surface area contributed by atoms with Crippen molar-refractivity contribution in [1.82, 2.24) is 19.6 Å². The number of fused-ring (bicyclic) bond motifs is 1. The molecule has 0 N–H and O–H groups in total. The Hall–Kier alpha value is -1.38. The molecule has 0 atom stereocenters. The second kappa shape index (κ2) is 6.17. The van der Waals surface area contributed by atoms with E-state index in [4.69, 9.17) is 0 Å². The molecular weight excluding hydrogens is 324 g/mol. The molecule has 0 bridgehead atoms. The van der Waals surface area contributed by atoms with Crippen LogP contribution < -0.4 is 5.56 Å². The first-order valence-electron chi connectivity index (χ1n) is 6.15. The predicted molar refractivity (Wildman–Crippen MR) is 87.5 cm³/mol. The van der Waals surface area contributed by atoms with Crippen LogP contribution in [0.15, 0.2) is 37.9 Å². The smallest absolute Gasteiger partial charge is 0.258 e. The van der Waals surface area contributed by atoms with E-state index in [1.807, 2.05) is 25.3 Å². The van der Waals surface area contributed by atoms with Crippen molar-refractivity contribution in [2.75, 3.05) is 6.26 Å². The number of pyridine rings is 1. The molecule has 21 heavy (non-hydrogen) atoms. The van der Waals surface area contributed by atoms with E-state index >= 15 is 0 Å². The molecule has 0 aliphatic carbocycles. The average molecular weight is 336 g/mol. The highest BCUT2D eigenvalue weighted by molar-refractivity contribution is 8.02. The summed E-state index contributed by atoms with van der Waals surface area (Å²) in [5.41, 5.74) is 2.41. The van der Waals surface area contributed by atoms with Gasteiger partial charge in [-0.2, -0.15) is 0 Å². The molecule has 108 valence electrons. The summed E-state index contributed by atoms with van der Waals surface area (Å²) in [6, 6.07) is 5.39. The molecule has 3 rings (SSSR count). The Kier molecular flexibility index (Phi) is 4.27. The van der Waals surface area contributed by atoms with Gasteiger partial charge in [0, 0.05) is 18.0 Å².